The van der Waals surface area contributed by atoms with Crippen LogP contribution in [-0.4, -0.2) is 37.0 Å². The normalized spacial score (nSPS) is 17.2. The Morgan fingerprint density at radius 3 is 2.92 bits per heavy atom. The lowest BCUT2D eigenvalue weighted by molar-refractivity contribution is -0.151. The van der Waals surface area contributed by atoms with E-state index in [2.05, 4.69) is 0 Å². The molecule has 25 heavy (non-hydrogen) atoms. The number of hydrogen-bond acceptors (Lipinski definition) is 5. The average molecular weight is 359 g/mol. The first-order valence-corrected chi connectivity index (χ1v) is 9.17. The minimum absolute atomic E-state index is 0.000274. The van der Waals surface area contributed by atoms with Crippen LogP contribution in [0.5, 0.6) is 5.75 Å². The number of benzene rings is 1. The lowest BCUT2D eigenvalue weighted by Crippen LogP contribution is -2.42. The van der Waals surface area contributed by atoms with Crippen LogP contribution < -0.4 is 4.74 Å². The second-order valence-electron chi connectivity index (χ2n) is 6.03. The summed E-state index contributed by atoms with van der Waals surface area (Å²) < 4.78 is 10.6. The maximum Gasteiger partial charge on any atom is 0.311 e. The third-order valence-corrected chi connectivity index (χ3v) is 5.15. The van der Waals surface area contributed by atoms with Crippen molar-refractivity contribution in [1.82, 2.24) is 4.90 Å². The number of esters is 1. The van der Waals surface area contributed by atoms with Crippen molar-refractivity contribution in [3.05, 3.63) is 52.2 Å². The molecule has 1 atom stereocenters. The van der Waals surface area contributed by atoms with Crippen LogP contribution in [0, 0.1) is 5.92 Å². The quantitative estimate of drug-likeness (QED) is 0.768. The Hall–Kier alpha value is -2.34. The van der Waals surface area contributed by atoms with Gasteiger partial charge in [0, 0.05) is 13.1 Å². The molecule has 1 aliphatic rings. The van der Waals surface area contributed by atoms with E-state index in [0.717, 1.165) is 24.2 Å². The van der Waals surface area contributed by atoms with Gasteiger partial charge in [0.1, 0.15) is 12.4 Å². The van der Waals surface area contributed by atoms with E-state index in [4.69, 9.17) is 9.47 Å². The Morgan fingerprint density at radius 2 is 2.16 bits per heavy atom. The molecule has 1 fully saturated rings. The molecule has 1 aliphatic heterocycles. The molecule has 1 aromatic heterocycles. The molecule has 6 heteroatoms. The summed E-state index contributed by atoms with van der Waals surface area (Å²) in [5.41, 5.74) is 0.884. The molecule has 2 aromatic rings. The molecule has 0 spiro atoms. The first-order valence-electron chi connectivity index (χ1n) is 8.29. The molecule has 0 aliphatic carbocycles. The fourth-order valence-corrected chi connectivity index (χ4v) is 3.64. The maximum absolute atomic E-state index is 12.4. The fourth-order valence-electron chi connectivity index (χ4n) is 2.94. The number of ether oxygens (including phenoxy) is 2. The van der Waals surface area contributed by atoms with Gasteiger partial charge in [0.25, 0.3) is 5.91 Å². The first-order chi connectivity index (χ1) is 12.2. The zero-order chi connectivity index (χ0) is 17.6. The van der Waals surface area contributed by atoms with Crippen LogP contribution in [0.2, 0.25) is 0 Å². The van der Waals surface area contributed by atoms with Crippen LogP contribution in [0.1, 0.15) is 28.1 Å². The van der Waals surface area contributed by atoms with Crippen molar-refractivity contribution in [2.24, 2.45) is 5.92 Å². The van der Waals surface area contributed by atoms with Gasteiger partial charge in [-0.2, -0.15) is 0 Å². The van der Waals surface area contributed by atoms with E-state index < -0.39 is 0 Å². The SMILES string of the molecule is COc1cccc(COC(=O)C2CCCN(C(=O)c3cccs3)C2)c1. The number of piperidine rings is 1. The number of rotatable bonds is 5. The van der Waals surface area contributed by atoms with Gasteiger partial charge in [0.05, 0.1) is 17.9 Å². The Labute approximate surface area is 151 Å². The summed E-state index contributed by atoms with van der Waals surface area (Å²) >= 11 is 1.43. The Kier molecular flexibility index (Phi) is 5.71. The minimum Gasteiger partial charge on any atom is -0.497 e. The predicted molar refractivity (Wildman–Crippen MR) is 95.7 cm³/mol. The van der Waals surface area contributed by atoms with Crippen molar-refractivity contribution in [2.75, 3.05) is 20.2 Å². The largest absolute Gasteiger partial charge is 0.497 e. The van der Waals surface area contributed by atoms with Crippen molar-refractivity contribution >= 4 is 23.2 Å². The van der Waals surface area contributed by atoms with Gasteiger partial charge in [-0.25, -0.2) is 0 Å². The molecule has 3 rings (SSSR count). The zero-order valence-electron chi connectivity index (χ0n) is 14.1. The van der Waals surface area contributed by atoms with Gasteiger partial charge in [0.2, 0.25) is 0 Å². The van der Waals surface area contributed by atoms with Gasteiger partial charge in [-0.05, 0) is 42.0 Å². The van der Waals surface area contributed by atoms with Crippen LogP contribution in [0.15, 0.2) is 41.8 Å². The highest BCUT2D eigenvalue weighted by Gasteiger charge is 2.30. The second-order valence-corrected chi connectivity index (χ2v) is 6.97. The zero-order valence-corrected chi connectivity index (χ0v) is 15.0. The van der Waals surface area contributed by atoms with Gasteiger partial charge >= 0.3 is 5.97 Å². The molecular formula is C19H21NO4S. The first kappa shape index (κ1) is 17.5. The number of carbonyl (C=O) groups excluding carboxylic acids is 2. The highest BCUT2D eigenvalue weighted by molar-refractivity contribution is 7.12. The van der Waals surface area contributed by atoms with Crippen LogP contribution in [0.3, 0.4) is 0 Å². The lowest BCUT2D eigenvalue weighted by atomic mass is 9.98. The predicted octanol–water partition coefficient (Wildman–Crippen LogP) is 3.35. The van der Waals surface area contributed by atoms with Gasteiger partial charge in [-0.15, -0.1) is 11.3 Å². The van der Waals surface area contributed by atoms with E-state index in [9.17, 15) is 9.59 Å². The second kappa shape index (κ2) is 8.16. The average Bonchev–Trinajstić information content (AvgIpc) is 3.20. The number of carbonyl (C=O) groups is 2. The Balaban J connectivity index is 1.55. The van der Waals surface area contributed by atoms with Crippen LogP contribution >= 0.6 is 11.3 Å². The summed E-state index contributed by atoms with van der Waals surface area (Å²) in [6.45, 7) is 1.33. The minimum atomic E-state index is -0.261. The lowest BCUT2D eigenvalue weighted by Gasteiger charge is -2.31. The molecule has 5 nitrogen and oxygen atoms in total. The van der Waals surface area contributed by atoms with E-state index in [1.807, 2.05) is 41.8 Å². The number of thiophene rings is 1. The van der Waals surface area contributed by atoms with E-state index in [0.29, 0.717) is 18.0 Å². The summed E-state index contributed by atoms with van der Waals surface area (Å²) in [6, 6.07) is 11.1. The van der Waals surface area contributed by atoms with Crippen molar-refractivity contribution in [3.8, 4) is 5.75 Å². The van der Waals surface area contributed by atoms with Gasteiger partial charge in [-0.1, -0.05) is 18.2 Å². The Morgan fingerprint density at radius 1 is 1.28 bits per heavy atom. The smallest absolute Gasteiger partial charge is 0.311 e. The van der Waals surface area contributed by atoms with Crippen LogP contribution in [0.4, 0.5) is 0 Å². The summed E-state index contributed by atoms with van der Waals surface area (Å²) in [7, 11) is 1.60. The van der Waals surface area contributed by atoms with Crippen molar-refractivity contribution in [2.45, 2.75) is 19.4 Å². The van der Waals surface area contributed by atoms with Crippen LogP contribution in [0.25, 0.3) is 0 Å². The molecular weight excluding hydrogens is 338 g/mol. The van der Waals surface area contributed by atoms with E-state index in [-0.39, 0.29) is 24.4 Å². The molecule has 1 saturated heterocycles. The van der Waals surface area contributed by atoms with Crippen molar-refractivity contribution in [1.29, 1.82) is 0 Å². The molecule has 132 valence electrons. The standard InChI is InChI=1S/C19H21NO4S/c1-23-16-7-2-5-14(11-16)13-24-19(22)15-6-3-9-20(12-15)18(21)17-8-4-10-25-17/h2,4-5,7-8,10-11,15H,3,6,9,12-13H2,1H3. The van der Waals surface area contributed by atoms with Crippen LogP contribution in [-0.2, 0) is 16.1 Å². The molecule has 0 radical (unpaired) electrons. The summed E-state index contributed by atoms with van der Waals surface area (Å²) in [6.07, 6.45) is 1.57. The number of methoxy groups -OCH3 is 1. The number of hydrogen-bond donors (Lipinski definition) is 0. The van der Waals surface area contributed by atoms with Gasteiger partial charge in [-0.3, -0.25) is 9.59 Å². The molecule has 0 saturated carbocycles. The molecule has 1 amide bonds. The third kappa shape index (κ3) is 4.39. The number of amides is 1. The maximum atomic E-state index is 12.4. The highest BCUT2D eigenvalue weighted by Crippen LogP contribution is 2.22. The number of nitrogens with zero attached hydrogens (tertiary/aromatic N) is 1. The van der Waals surface area contributed by atoms with Crippen molar-refractivity contribution in [3.63, 3.8) is 0 Å². The van der Waals surface area contributed by atoms with E-state index in [1.165, 1.54) is 11.3 Å². The monoisotopic (exact) mass is 359 g/mol. The molecule has 1 aromatic carbocycles. The third-order valence-electron chi connectivity index (χ3n) is 4.29. The topological polar surface area (TPSA) is 55.8 Å². The summed E-state index contributed by atoms with van der Waals surface area (Å²) in [5, 5.41) is 1.89. The summed E-state index contributed by atoms with van der Waals surface area (Å²) in [5.74, 6) is 0.231. The van der Waals surface area contributed by atoms with E-state index in [1.54, 1.807) is 12.0 Å². The molecule has 0 N–H and O–H groups in total. The molecule has 2 heterocycles. The van der Waals surface area contributed by atoms with Gasteiger partial charge in [0.15, 0.2) is 0 Å². The van der Waals surface area contributed by atoms with Gasteiger partial charge < -0.3 is 14.4 Å². The molecule has 0 bridgehead atoms. The Bertz CT molecular complexity index is 729. The molecule has 1 unspecified atom stereocenters. The fraction of sp³-hybridized carbons (Fsp3) is 0.368. The number of likely N-dealkylation sites (tertiary alicyclic amines) is 1. The van der Waals surface area contributed by atoms with Crippen molar-refractivity contribution < 1.29 is 19.1 Å². The highest BCUT2D eigenvalue weighted by atomic mass is 32.1. The summed E-state index contributed by atoms with van der Waals surface area (Å²) in [4.78, 5) is 27.3. The van der Waals surface area contributed by atoms with E-state index >= 15 is 0 Å².